The maximum atomic E-state index is 13.6. The summed E-state index contributed by atoms with van der Waals surface area (Å²) >= 11 is 0. The smallest absolute Gasteiger partial charge is 0.407 e. The van der Waals surface area contributed by atoms with Crippen molar-refractivity contribution in [1.82, 2.24) is 34.6 Å². The summed E-state index contributed by atoms with van der Waals surface area (Å²) in [7, 11) is 0. The number of anilines is 1. The van der Waals surface area contributed by atoms with Crippen LogP contribution in [-0.4, -0.2) is 48.0 Å². The van der Waals surface area contributed by atoms with Crippen molar-refractivity contribution in [2.75, 3.05) is 11.9 Å². The molecule has 0 aliphatic heterocycles. The first-order valence-corrected chi connectivity index (χ1v) is 13.2. The van der Waals surface area contributed by atoms with Gasteiger partial charge in [-0.1, -0.05) is 54.5 Å². The molecule has 0 fully saturated rings. The lowest BCUT2D eigenvalue weighted by atomic mass is 10.2. The summed E-state index contributed by atoms with van der Waals surface area (Å²) in [4.78, 5) is 39.6. The van der Waals surface area contributed by atoms with Crippen molar-refractivity contribution >= 4 is 34.0 Å². The van der Waals surface area contributed by atoms with Crippen molar-refractivity contribution in [3.63, 3.8) is 0 Å². The van der Waals surface area contributed by atoms with E-state index in [1.807, 2.05) is 68.4 Å². The molecule has 5 aromatic rings. The van der Waals surface area contributed by atoms with Gasteiger partial charge in [-0.2, -0.15) is 5.10 Å². The quantitative estimate of drug-likeness (QED) is 0.266. The number of imidazole rings is 1. The van der Waals surface area contributed by atoms with E-state index in [1.165, 1.54) is 4.68 Å². The zero-order valence-corrected chi connectivity index (χ0v) is 23.1. The van der Waals surface area contributed by atoms with Crippen LogP contribution in [0.2, 0.25) is 0 Å². The van der Waals surface area contributed by atoms with Gasteiger partial charge in [0.15, 0.2) is 5.82 Å². The van der Waals surface area contributed by atoms with E-state index in [2.05, 4.69) is 42.5 Å². The Kier molecular flexibility index (Phi) is 8.20. The van der Waals surface area contributed by atoms with Gasteiger partial charge >= 0.3 is 6.09 Å². The van der Waals surface area contributed by atoms with Gasteiger partial charge in [-0.3, -0.25) is 9.36 Å². The number of rotatable bonds is 9. The molecule has 2 aromatic carbocycles. The van der Waals surface area contributed by atoms with Crippen LogP contribution in [0, 0.1) is 18.8 Å². The molecule has 11 nitrogen and oxygen atoms in total. The number of nitrogens with zero attached hydrogens (tertiary/aromatic N) is 6. The number of fused-ring (bicyclic) bond motifs is 2. The second-order valence-electron chi connectivity index (χ2n) is 9.52. The number of nitrogens with one attached hydrogen (secondary N) is 2. The molecule has 0 spiro atoms. The molecule has 208 valence electrons. The minimum absolute atomic E-state index is 0.111. The molecule has 0 saturated carbocycles. The van der Waals surface area contributed by atoms with Gasteiger partial charge < -0.3 is 15.4 Å². The number of hydrogen-bond donors (Lipinski definition) is 2. The molecule has 41 heavy (non-hydrogen) atoms. The van der Waals surface area contributed by atoms with Crippen LogP contribution >= 0.6 is 0 Å². The van der Waals surface area contributed by atoms with Crippen LogP contribution in [0.5, 0.6) is 0 Å². The molecule has 0 bridgehead atoms. The fourth-order valence-electron chi connectivity index (χ4n) is 4.41. The minimum atomic E-state index is -0.522. The first-order valence-electron chi connectivity index (χ1n) is 13.2. The predicted octanol–water partition coefficient (Wildman–Crippen LogP) is 3.64. The maximum absolute atomic E-state index is 13.6. The van der Waals surface area contributed by atoms with Crippen molar-refractivity contribution in [2.24, 2.45) is 0 Å². The number of ether oxygens (including phenoxy) is 1. The second kappa shape index (κ2) is 12.3. The van der Waals surface area contributed by atoms with Crippen LogP contribution in [0.25, 0.3) is 21.9 Å². The van der Waals surface area contributed by atoms with Crippen molar-refractivity contribution in [1.29, 1.82) is 0 Å². The number of carbonyl (C=O) groups excluding carboxylic acids is 1. The Labute approximate surface area is 236 Å². The summed E-state index contributed by atoms with van der Waals surface area (Å²) in [5, 5.41) is 11.3. The maximum Gasteiger partial charge on any atom is 0.407 e. The highest BCUT2D eigenvalue weighted by atomic mass is 16.5. The van der Waals surface area contributed by atoms with Crippen LogP contribution in [0.15, 0.2) is 65.6 Å². The van der Waals surface area contributed by atoms with Gasteiger partial charge in [0.2, 0.25) is 5.95 Å². The van der Waals surface area contributed by atoms with Crippen LogP contribution in [0.4, 0.5) is 10.7 Å². The molecule has 3 aromatic heterocycles. The molecule has 2 N–H and O–H groups in total. The Morgan fingerprint density at radius 3 is 2.63 bits per heavy atom. The third kappa shape index (κ3) is 6.33. The van der Waals surface area contributed by atoms with Crippen molar-refractivity contribution in [2.45, 2.75) is 46.5 Å². The second-order valence-corrected chi connectivity index (χ2v) is 9.52. The van der Waals surface area contributed by atoms with E-state index >= 15 is 0 Å². The zero-order valence-electron chi connectivity index (χ0n) is 23.1. The van der Waals surface area contributed by atoms with E-state index in [0.717, 1.165) is 22.2 Å². The van der Waals surface area contributed by atoms with Crippen molar-refractivity contribution < 1.29 is 9.53 Å². The zero-order chi connectivity index (χ0) is 28.8. The van der Waals surface area contributed by atoms with E-state index in [4.69, 9.17) is 4.74 Å². The Bertz CT molecular complexity index is 1820. The predicted molar refractivity (Wildman–Crippen MR) is 156 cm³/mol. The van der Waals surface area contributed by atoms with Gasteiger partial charge in [-0.25, -0.2) is 24.4 Å². The van der Waals surface area contributed by atoms with Gasteiger partial charge in [0.1, 0.15) is 24.2 Å². The molecular weight excluding hydrogens is 520 g/mol. The highest BCUT2D eigenvalue weighted by Crippen LogP contribution is 2.17. The van der Waals surface area contributed by atoms with E-state index in [0.29, 0.717) is 29.4 Å². The van der Waals surface area contributed by atoms with Gasteiger partial charge in [-0.05, 0) is 32.4 Å². The highest BCUT2D eigenvalue weighted by Gasteiger charge is 2.18. The fraction of sp³-hybridized carbons (Fsp3) is 0.267. The topological polar surface area (TPSA) is 129 Å². The van der Waals surface area contributed by atoms with Gasteiger partial charge in [-0.15, -0.1) is 5.92 Å². The van der Waals surface area contributed by atoms with E-state index in [1.54, 1.807) is 17.7 Å². The summed E-state index contributed by atoms with van der Waals surface area (Å²) in [6.45, 7) is 6.38. The highest BCUT2D eigenvalue weighted by molar-refractivity contribution is 5.80. The molecule has 1 unspecified atom stereocenters. The van der Waals surface area contributed by atoms with Crippen LogP contribution in [0.1, 0.15) is 30.9 Å². The van der Waals surface area contributed by atoms with Gasteiger partial charge in [0, 0.05) is 23.7 Å². The Morgan fingerprint density at radius 2 is 1.83 bits per heavy atom. The SMILES string of the molecule is CC#CCn1c(NCC(C)NC(=O)OCc2ccccc2)nc2cnn(Cc3nc(C)c4ccccc4n3)c(=O)c21. The third-order valence-corrected chi connectivity index (χ3v) is 6.44. The molecule has 1 amide bonds. The van der Waals surface area contributed by atoms with Crippen LogP contribution < -0.4 is 16.2 Å². The standard InChI is InChI=1S/C30H30N8O3/c1-4-5-15-37-27-25(36-29(37)31-16-20(2)33-30(40)41-19-22-11-7-6-8-12-22)17-32-38(28(27)39)18-26-34-21(3)23-13-9-10-14-24(23)35-26/h6-14,17,20H,15-16,18-19H2,1-3H3,(H,31,36)(H,33,40). The lowest BCUT2D eigenvalue weighted by Crippen LogP contribution is -2.38. The van der Waals surface area contributed by atoms with E-state index in [9.17, 15) is 9.59 Å². The Balaban J connectivity index is 1.33. The molecule has 5 rings (SSSR count). The largest absolute Gasteiger partial charge is 0.445 e. The average Bonchev–Trinajstić information content (AvgIpc) is 3.34. The molecule has 0 aliphatic rings. The minimum Gasteiger partial charge on any atom is -0.445 e. The van der Waals surface area contributed by atoms with E-state index in [-0.39, 0.29) is 31.3 Å². The molecule has 1 atom stereocenters. The van der Waals surface area contributed by atoms with Gasteiger partial charge in [0.05, 0.1) is 18.3 Å². The van der Waals surface area contributed by atoms with Crippen LogP contribution in [-0.2, 0) is 24.4 Å². The first-order chi connectivity index (χ1) is 19.9. The molecule has 11 heteroatoms. The number of para-hydroxylation sites is 1. The molecule has 0 aliphatic carbocycles. The number of benzene rings is 2. The van der Waals surface area contributed by atoms with Crippen molar-refractivity contribution in [3.05, 3.63) is 88.2 Å². The number of carbonyl (C=O) groups is 1. The number of alkyl carbamates (subject to hydrolysis) is 1. The van der Waals surface area contributed by atoms with Crippen molar-refractivity contribution in [3.8, 4) is 11.8 Å². The average molecular weight is 551 g/mol. The lowest BCUT2D eigenvalue weighted by Gasteiger charge is -2.15. The Morgan fingerprint density at radius 1 is 1.05 bits per heavy atom. The fourth-order valence-corrected chi connectivity index (χ4v) is 4.41. The molecule has 0 radical (unpaired) electrons. The van der Waals surface area contributed by atoms with Gasteiger partial charge in [0.25, 0.3) is 5.56 Å². The lowest BCUT2D eigenvalue weighted by molar-refractivity contribution is 0.137. The van der Waals surface area contributed by atoms with Crippen LogP contribution in [0.3, 0.4) is 0 Å². The molecule has 0 saturated heterocycles. The first kappa shape index (κ1) is 27.3. The molecule has 3 heterocycles. The number of aryl methyl sites for hydroxylation is 1. The molecular formula is C30H30N8O3. The Hall–Kier alpha value is -5.24. The monoisotopic (exact) mass is 550 g/mol. The third-order valence-electron chi connectivity index (χ3n) is 6.44. The summed E-state index contributed by atoms with van der Waals surface area (Å²) in [6, 6.07) is 16.9. The summed E-state index contributed by atoms with van der Waals surface area (Å²) in [5.41, 5.74) is 3.02. The van der Waals surface area contributed by atoms with E-state index < -0.39 is 6.09 Å². The summed E-state index contributed by atoms with van der Waals surface area (Å²) in [6.07, 6.45) is 1.03. The number of hydrogen-bond acceptors (Lipinski definition) is 8. The number of aromatic nitrogens is 6. The number of amides is 1. The summed E-state index contributed by atoms with van der Waals surface area (Å²) < 4.78 is 8.36. The normalized spacial score (nSPS) is 11.6. The summed E-state index contributed by atoms with van der Waals surface area (Å²) in [5.74, 6) is 6.82.